The molecule has 3 radical (unpaired) electrons. The molecule has 0 fully saturated rings. The Morgan fingerprint density at radius 1 is 1.29 bits per heavy atom. The molecule has 0 heterocycles. The fourth-order valence-corrected chi connectivity index (χ4v) is 1.19. The molecule has 0 aliphatic heterocycles. The van der Waals surface area contributed by atoms with E-state index in [1.54, 1.807) is 22.5 Å². The SMILES string of the molecule is CCC[CH2][Sn].Cl.Cl. The number of hydrogen-bond donors (Lipinski definition) is 0. The van der Waals surface area contributed by atoms with E-state index in [1.165, 1.54) is 17.3 Å². The molecule has 0 amide bonds. The summed E-state index contributed by atoms with van der Waals surface area (Å²) in [5, 5.41) is 0. The first-order valence-electron chi connectivity index (χ1n) is 2.06. The van der Waals surface area contributed by atoms with Gasteiger partial charge in [0.1, 0.15) is 0 Å². The molecule has 0 unspecified atom stereocenters. The zero-order chi connectivity index (χ0) is 4.12. The second kappa shape index (κ2) is 15.7. The van der Waals surface area contributed by atoms with Crippen LogP contribution in [0.4, 0.5) is 0 Å². The Kier molecular flexibility index (Phi) is 35.3. The van der Waals surface area contributed by atoms with Crippen LogP contribution in [0.25, 0.3) is 0 Å². The number of unbranched alkanes of at least 4 members (excludes halogenated alkanes) is 1. The summed E-state index contributed by atoms with van der Waals surface area (Å²) in [6, 6.07) is 0. The Hall–Kier alpha value is 1.38. The maximum absolute atomic E-state index is 2.23. The maximum atomic E-state index is 2.23. The largest absolute Gasteiger partial charge is 0.147 e. The summed E-state index contributed by atoms with van der Waals surface area (Å²) in [6.07, 6.45) is 2.80. The van der Waals surface area contributed by atoms with Crippen molar-refractivity contribution in [2.45, 2.75) is 24.2 Å². The summed E-state index contributed by atoms with van der Waals surface area (Å²) in [5.41, 5.74) is 0. The molecule has 0 bridgehead atoms. The van der Waals surface area contributed by atoms with Gasteiger partial charge in [-0.3, -0.25) is 0 Å². The first-order valence-corrected chi connectivity index (χ1v) is 4.08. The average molecular weight is 249 g/mol. The van der Waals surface area contributed by atoms with Crippen LogP contribution in [0.2, 0.25) is 4.44 Å². The second-order valence-corrected chi connectivity index (χ2v) is 2.53. The van der Waals surface area contributed by atoms with Gasteiger partial charge >= 0.3 is 46.7 Å². The van der Waals surface area contributed by atoms with Crippen LogP contribution < -0.4 is 0 Å². The maximum Gasteiger partial charge on any atom is -0.147 e. The molecule has 0 aliphatic rings. The minimum Gasteiger partial charge on any atom is -0.147 e. The summed E-state index contributed by atoms with van der Waals surface area (Å²) in [4.78, 5) is 0. The summed E-state index contributed by atoms with van der Waals surface area (Å²) in [5.74, 6) is 0. The van der Waals surface area contributed by atoms with Gasteiger partial charge in [-0.1, -0.05) is 0 Å². The van der Waals surface area contributed by atoms with E-state index in [-0.39, 0.29) is 24.8 Å². The third-order valence-corrected chi connectivity index (χ3v) is 1.54. The van der Waals surface area contributed by atoms with Crippen LogP contribution in [0.5, 0.6) is 0 Å². The molecule has 0 rings (SSSR count). The van der Waals surface area contributed by atoms with Crippen LogP contribution in [-0.2, 0) is 0 Å². The number of hydrogen-bond acceptors (Lipinski definition) is 0. The molecule has 0 saturated carbocycles. The van der Waals surface area contributed by atoms with E-state index in [0.29, 0.717) is 0 Å². The molecule has 45 valence electrons. The zero-order valence-electron chi connectivity index (χ0n) is 4.44. The van der Waals surface area contributed by atoms with E-state index >= 15 is 0 Å². The smallest absolute Gasteiger partial charge is 0.147 e. The Balaban J connectivity index is -0.0000000800. The Morgan fingerprint density at radius 3 is 1.71 bits per heavy atom. The molecule has 0 aromatic rings. The van der Waals surface area contributed by atoms with Gasteiger partial charge in [0.25, 0.3) is 0 Å². The summed E-state index contributed by atoms with van der Waals surface area (Å²) < 4.78 is 1.43. The first kappa shape index (κ1) is 15.8. The third-order valence-electron chi connectivity index (χ3n) is 0.530. The molecule has 0 aliphatic carbocycles. The molecule has 0 N–H and O–H groups in total. The van der Waals surface area contributed by atoms with Crippen molar-refractivity contribution in [3.05, 3.63) is 0 Å². The van der Waals surface area contributed by atoms with Gasteiger partial charge in [-0.15, -0.1) is 24.8 Å². The van der Waals surface area contributed by atoms with E-state index < -0.39 is 0 Å². The van der Waals surface area contributed by atoms with Crippen LogP contribution in [0, 0.1) is 0 Å². The van der Waals surface area contributed by atoms with E-state index in [0.717, 1.165) is 0 Å². The summed E-state index contributed by atoms with van der Waals surface area (Å²) in [7, 11) is 0. The van der Waals surface area contributed by atoms with E-state index in [9.17, 15) is 0 Å². The average Bonchev–Trinajstić information content (AvgIpc) is 1.41. The van der Waals surface area contributed by atoms with Crippen molar-refractivity contribution < 1.29 is 0 Å². The number of rotatable bonds is 2. The van der Waals surface area contributed by atoms with Crippen molar-refractivity contribution in [3.8, 4) is 0 Å². The molecular formula is C4H11Cl2Sn. The molecule has 0 aromatic heterocycles. The van der Waals surface area contributed by atoms with Gasteiger partial charge in [0.15, 0.2) is 0 Å². The fraction of sp³-hybridized carbons (Fsp3) is 1.00. The van der Waals surface area contributed by atoms with E-state index in [2.05, 4.69) is 6.92 Å². The van der Waals surface area contributed by atoms with Gasteiger partial charge in [0.05, 0.1) is 0 Å². The van der Waals surface area contributed by atoms with Crippen molar-refractivity contribution in [1.82, 2.24) is 0 Å². The van der Waals surface area contributed by atoms with Gasteiger partial charge in [-0.05, 0) is 0 Å². The number of halogens is 2. The van der Waals surface area contributed by atoms with E-state index in [4.69, 9.17) is 0 Å². The molecule has 0 atom stereocenters. The predicted octanol–water partition coefficient (Wildman–Crippen LogP) is 2.22. The molecule has 0 saturated heterocycles. The third kappa shape index (κ3) is 18.7. The molecule has 0 spiro atoms. The molecular weight excluding hydrogens is 238 g/mol. The van der Waals surface area contributed by atoms with Gasteiger partial charge in [0.2, 0.25) is 0 Å². The quantitative estimate of drug-likeness (QED) is 0.658. The minimum atomic E-state index is 0. The standard InChI is InChI=1S/C4H9.2ClH.Sn/c1-3-4-2;;;/h1,3-4H2,2H3;2*1H;. The normalized spacial score (nSPS) is 6.00. The van der Waals surface area contributed by atoms with Crippen molar-refractivity contribution in [3.63, 3.8) is 0 Å². The van der Waals surface area contributed by atoms with Crippen LogP contribution in [-0.4, -0.2) is 22.5 Å². The van der Waals surface area contributed by atoms with Gasteiger partial charge in [-0.25, -0.2) is 0 Å². The molecule has 7 heavy (non-hydrogen) atoms. The Bertz CT molecular complexity index is 17.2. The fourth-order valence-electron chi connectivity index (χ4n) is 0.177. The Morgan fingerprint density at radius 2 is 1.71 bits per heavy atom. The van der Waals surface area contributed by atoms with Crippen molar-refractivity contribution in [2.24, 2.45) is 0 Å². The molecule has 0 nitrogen and oxygen atoms in total. The Labute approximate surface area is 71.3 Å². The molecule has 3 heteroatoms. The van der Waals surface area contributed by atoms with Gasteiger partial charge in [0, 0.05) is 0 Å². The van der Waals surface area contributed by atoms with Crippen molar-refractivity contribution in [1.29, 1.82) is 0 Å². The zero-order valence-corrected chi connectivity index (χ0v) is 8.92. The van der Waals surface area contributed by atoms with E-state index in [1.807, 2.05) is 0 Å². The van der Waals surface area contributed by atoms with Crippen LogP contribution in [0.1, 0.15) is 19.8 Å². The topological polar surface area (TPSA) is 0 Å². The summed E-state index contributed by atoms with van der Waals surface area (Å²) >= 11 is 1.68. The van der Waals surface area contributed by atoms with Gasteiger partial charge < -0.3 is 0 Å². The van der Waals surface area contributed by atoms with Crippen molar-refractivity contribution >= 4 is 47.3 Å². The van der Waals surface area contributed by atoms with Crippen LogP contribution in [0.3, 0.4) is 0 Å². The van der Waals surface area contributed by atoms with Crippen LogP contribution >= 0.6 is 24.8 Å². The van der Waals surface area contributed by atoms with Crippen molar-refractivity contribution in [2.75, 3.05) is 0 Å². The monoisotopic (exact) mass is 249 g/mol. The predicted molar refractivity (Wildman–Crippen MR) is 40.0 cm³/mol. The second-order valence-electron chi connectivity index (χ2n) is 1.10. The molecule has 0 aromatic carbocycles. The van der Waals surface area contributed by atoms with Gasteiger partial charge in [-0.2, -0.15) is 0 Å². The summed E-state index contributed by atoms with van der Waals surface area (Å²) in [6.45, 7) is 2.23. The van der Waals surface area contributed by atoms with Crippen LogP contribution in [0.15, 0.2) is 0 Å². The first-order chi connectivity index (χ1) is 2.41. The minimum absolute atomic E-state index is 0.